The van der Waals surface area contributed by atoms with Crippen molar-refractivity contribution in [3.8, 4) is 11.4 Å². The molecule has 0 fully saturated rings. The van der Waals surface area contributed by atoms with Gasteiger partial charge in [-0.3, -0.25) is 10.1 Å². The molecule has 0 radical (unpaired) electrons. The van der Waals surface area contributed by atoms with Gasteiger partial charge >= 0.3 is 5.69 Å². The predicted molar refractivity (Wildman–Crippen MR) is 59.8 cm³/mol. The highest BCUT2D eigenvalue weighted by molar-refractivity contribution is 5.77. The Kier molecular flexibility index (Phi) is 2.32. The highest BCUT2D eigenvalue weighted by Crippen LogP contribution is 2.32. The zero-order chi connectivity index (χ0) is 11.7. The average Bonchev–Trinajstić information content (AvgIpc) is 2.63. The van der Waals surface area contributed by atoms with Crippen LogP contribution in [0.2, 0.25) is 0 Å². The minimum atomic E-state index is -0.498. The molecule has 0 atom stereocenters. The first-order valence-corrected chi connectivity index (χ1v) is 4.65. The number of hydrogen-bond acceptors (Lipinski definition) is 4. The molecule has 2 rings (SSSR count). The Morgan fingerprint density at radius 1 is 1.50 bits per heavy atom. The van der Waals surface area contributed by atoms with Crippen LogP contribution in [0.25, 0.3) is 11.4 Å². The van der Waals surface area contributed by atoms with Crippen molar-refractivity contribution in [2.24, 2.45) is 0 Å². The summed E-state index contributed by atoms with van der Waals surface area (Å²) in [4.78, 5) is 17.4. The minimum Gasteiger partial charge on any atom is -0.393 e. The summed E-state index contributed by atoms with van der Waals surface area (Å²) < 4.78 is 0. The summed E-state index contributed by atoms with van der Waals surface area (Å²) in [6.07, 6.45) is 1.68. The topological polar surface area (TPSA) is 97.8 Å². The van der Waals surface area contributed by atoms with Gasteiger partial charge in [-0.05, 0) is 19.1 Å². The highest BCUT2D eigenvalue weighted by Gasteiger charge is 2.20. The van der Waals surface area contributed by atoms with E-state index in [0.29, 0.717) is 11.4 Å². The maximum atomic E-state index is 10.9. The Balaban J connectivity index is 2.65. The van der Waals surface area contributed by atoms with Crippen LogP contribution in [-0.2, 0) is 0 Å². The van der Waals surface area contributed by atoms with E-state index >= 15 is 0 Å². The number of hydrogen-bond donors (Lipinski definition) is 2. The monoisotopic (exact) mass is 218 g/mol. The third-order valence-corrected chi connectivity index (χ3v) is 2.21. The second-order valence-corrected chi connectivity index (χ2v) is 3.39. The lowest BCUT2D eigenvalue weighted by Crippen LogP contribution is -1.98. The third kappa shape index (κ3) is 1.60. The second-order valence-electron chi connectivity index (χ2n) is 3.39. The molecule has 0 aliphatic heterocycles. The van der Waals surface area contributed by atoms with Gasteiger partial charge in [0, 0.05) is 6.20 Å². The summed E-state index contributed by atoms with van der Waals surface area (Å²) in [7, 11) is 0. The lowest BCUT2D eigenvalue weighted by Gasteiger charge is -2.01. The molecule has 6 heteroatoms. The van der Waals surface area contributed by atoms with Crippen molar-refractivity contribution in [3.05, 3.63) is 40.2 Å². The highest BCUT2D eigenvalue weighted by atomic mass is 16.6. The summed E-state index contributed by atoms with van der Waals surface area (Å²) in [5, 5.41) is 10.9. The van der Waals surface area contributed by atoms with Crippen LogP contribution < -0.4 is 5.73 Å². The Hall–Kier alpha value is -2.37. The number of nitrogens with one attached hydrogen (secondary N) is 1. The lowest BCUT2D eigenvalue weighted by molar-refractivity contribution is -0.383. The van der Waals surface area contributed by atoms with Gasteiger partial charge in [-0.15, -0.1) is 0 Å². The zero-order valence-electron chi connectivity index (χ0n) is 8.60. The normalized spacial score (nSPS) is 10.3. The third-order valence-electron chi connectivity index (χ3n) is 2.21. The summed E-state index contributed by atoms with van der Waals surface area (Å²) in [5.74, 6) is 0.455. The van der Waals surface area contributed by atoms with Crippen molar-refractivity contribution in [2.45, 2.75) is 6.92 Å². The molecule has 1 heterocycles. The number of para-hydroxylation sites is 1. The maximum absolute atomic E-state index is 10.9. The van der Waals surface area contributed by atoms with E-state index in [1.165, 1.54) is 6.07 Å². The summed E-state index contributed by atoms with van der Waals surface area (Å²) in [6, 6.07) is 4.78. The molecule has 0 spiro atoms. The SMILES string of the molecule is Cc1c[nH]c(-c2cccc(N)c2[N+](=O)[O-])n1. The Labute approximate surface area is 91.3 Å². The summed E-state index contributed by atoms with van der Waals surface area (Å²) in [5.41, 5.74) is 6.78. The molecule has 0 aliphatic carbocycles. The van der Waals surface area contributed by atoms with Crippen LogP contribution in [-0.4, -0.2) is 14.9 Å². The van der Waals surface area contributed by atoms with Crippen LogP contribution >= 0.6 is 0 Å². The van der Waals surface area contributed by atoms with Crippen molar-refractivity contribution >= 4 is 11.4 Å². The molecule has 6 nitrogen and oxygen atoms in total. The van der Waals surface area contributed by atoms with Gasteiger partial charge in [0.1, 0.15) is 11.5 Å². The number of nitro benzene ring substituents is 1. The number of imidazole rings is 1. The molecule has 0 saturated carbocycles. The Morgan fingerprint density at radius 3 is 2.81 bits per heavy atom. The summed E-state index contributed by atoms with van der Waals surface area (Å²) in [6.45, 7) is 1.80. The van der Waals surface area contributed by atoms with E-state index in [1.54, 1.807) is 25.3 Å². The molecule has 82 valence electrons. The number of anilines is 1. The number of aromatic nitrogens is 2. The molecular formula is C10H10N4O2. The molecule has 1 aromatic heterocycles. The number of benzene rings is 1. The van der Waals surface area contributed by atoms with Gasteiger partial charge in [-0.1, -0.05) is 6.07 Å². The maximum Gasteiger partial charge on any atom is 0.302 e. The molecule has 1 aromatic carbocycles. The van der Waals surface area contributed by atoms with Crippen LogP contribution in [0.3, 0.4) is 0 Å². The van der Waals surface area contributed by atoms with E-state index in [1.807, 2.05) is 0 Å². The standard InChI is InChI=1S/C10H10N4O2/c1-6-5-12-10(13-6)7-3-2-4-8(11)9(7)14(15)16/h2-5H,11H2,1H3,(H,12,13). The van der Waals surface area contributed by atoms with E-state index in [-0.39, 0.29) is 11.4 Å². The molecular weight excluding hydrogens is 208 g/mol. The van der Waals surface area contributed by atoms with E-state index in [0.717, 1.165) is 5.69 Å². The van der Waals surface area contributed by atoms with E-state index in [4.69, 9.17) is 5.73 Å². The van der Waals surface area contributed by atoms with E-state index in [2.05, 4.69) is 9.97 Å². The van der Waals surface area contributed by atoms with Gasteiger partial charge in [0.15, 0.2) is 0 Å². The van der Waals surface area contributed by atoms with Crippen LogP contribution in [0.5, 0.6) is 0 Å². The average molecular weight is 218 g/mol. The number of nitrogens with two attached hydrogens (primary N) is 1. The molecule has 3 N–H and O–H groups in total. The van der Waals surface area contributed by atoms with Gasteiger partial charge in [0.05, 0.1) is 16.2 Å². The quantitative estimate of drug-likeness (QED) is 0.456. The number of aryl methyl sites for hydroxylation is 1. The number of nitrogen functional groups attached to an aromatic ring is 1. The number of H-pyrrole nitrogens is 1. The molecule has 0 unspecified atom stereocenters. The predicted octanol–water partition coefficient (Wildman–Crippen LogP) is 1.88. The lowest BCUT2D eigenvalue weighted by atomic mass is 10.1. The molecule has 16 heavy (non-hydrogen) atoms. The van der Waals surface area contributed by atoms with Gasteiger partial charge in [-0.25, -0.2) is 4.98 Å². The first kappa shape index (κ1) is 10.2. The molecule has 0 amide bonds. The summed E-state index contributed by atoms with van der Waals surface area (Å²) >= 11 is 0. The number of aromatic amines is 1. The molecule has 0 saturated heterocycles. The van der Waals surface area contributed by atoms with Crippen LogP contribution in [0.1, 0.15) is 5.69 Å². The fourth-order valence-electron chi connectivity index (χ4n) is 1.51. The zero-order valence-corrected chi connectivity index (χ0v) is 8.60. The number of nitrogens with zero attached hydrogens (tertiary/aromatic N) is 2. The first-order chi connectivity index (χ1) is 7.59. The van der Waals surface area contributed by atoms with E-state index in [9.17, 15) is 10.1 Å². The van der Waals surface area contributed by atoms with E-state index < -0.39 is 4.92 Å². The molecule has 2 aromatic rings. The minimum absolute atomic E-state index is 0.114. The fraction of sp³-hybridized carbons (Fsp3) is 0.100. The van der Waals surface area contributed by atoms with Gasteiger partial charge in [-0.2, -0.15) is 0 Å². The van der Waals surface area contributed by atoms with Crippen LogP contribution in [0.4, 0.5) is 11.4 Å². The second kappa shape index (κ2) is 3.65. The Morgan fingerprint density at radius 2 is 2.25 bits per heavy atom. The molecule has 0 bridgehead atoms. The van der Waals surface area contributed by atoms with Crippen LogP contribution in [0.15, 0.2) is 24.4 Å². The van der Waals surface area contributed by atoms with Gasteiger partial charge in [0.2, 0.25) is 0 Å². The smallest absolute Gasteiger partial charge is 0.302 e. The first-order valence-electron chi connectivity index (χ1n) is 4.65. The Bertz CT molecular complexity index is 548. The largest absolute Gasteiger partial charge is 0.393 e. The van der Waals surface area contributed by atoms with Crippen molar-refractivity contribution in [3.63, 3.8) is 0 Å². The van der Waals surface area contributed by atoms with Gasteiger partial charge in [0.25, 0.3) is 0 Å². The van der Waals surface area contributed by atoms with Gasteiger partial charge < -0.3 is 10.7 Å². The fourth-order valence-corrected chi connectivity index (χ4v) is 1.51. The number of nitro groups is 1. The van der Waals surface area contributed by atoms with Crippen molar-refractivity contribution < 1.29 is 4.92 Å². The van der Waals surface area contributed by atoms with Crippen LogP contribution in [0, 0.1) is 17.0 Å². The van der Waals surface area contributed by atoms with Crippen molar-refractivity contribution in [1.82, 2.24) is 9.97 Å². The van der Waals surface area contributed by atoms with Crippen molar-refractivity contribution in [1.29, 1.82) is 0 Å². The number of rotatable bonds is 2. The molecule has 0 aliphatic rings. The van der Waals surface area contributed by atoms with Crippen molar-refractivity contribution in [2.75, 3.05) is 5.73 Å².